The minimum absolute atomic E-state index is 0.111. The molecule has 1 heterocycles. The fourth-order valence-corrected chi connectivity index (χ4v) is 1.55. The first-order chi connectivity index (χ1) is 7.72. The fourth-order valence-electron chi connectivity index (χ4n) is 1.55. The van der Waals surface area contributed by atoms with Gasteiger partial charge in [-0.25, -0.2) is 4.68 Å². The normalized spacial score (nSPS) is 10.6. The van der Waals surface area contributed by atoms with Crippen LogP contribution in [0.25, 0.3) is 5.69 Å². The van der Waals surface area contributed by atoms with Crippen molar-refractivity contribution < 1.29 is 5.11 Å². The number of aromatic nitrogens is 2. The molecule has 0 aliphatic carbocycles. The molecule has 1 aromatic carbocycles. The van der Waals surface area contributed by atoms with Gasteiger partial charge in [0.05, 0.1) is 11.3 Å². The monoisotopic (exact) mass is 219 g/mol. The third-order valence-corrected chi connectivity index (χ3v) is 2.30. The summed E-state index contributed by atoms with van der Waals surface area (Å²) in [5.41, 5.74) is 1.16. The van der Waals surface area contributed by atoms with E-state index in [2.05, 4.69) is 10.4 Å². The Morgan fingerprint density at radius 2 is 2.31 bits per heavy atom. The summed E-state index contributed by atoms with van der Waals surface area (Å²) in [6.07, 6.45) is 1.66. The second-order valence-electron chi connectivity index (χ2n) is 3.49. The molecule has 0 saturated heterocycles. The summed E-state index contributed by atoms with van der Waals surface area (Å²) in [5, 5.41) is 15.1. The zero-order chi connectivity index (χ0) is 11.5. The van der Waals surface area contributed by atoms with Crippen LogP contribution in [0.5, 0.6) is 5.75 Å². The van der Waals surface area contributed by atoms with E-state index in [1.165, 1.54) is 10.7 Å². The molecule has 0 radical (unpaired) electrons. The molecular weight excluding hydrogens is 206 g/mol. The molecule has 3 N–H and O–H groups in total. The second-order valence-corrected chi connectivity index (χ2v) is 3.49. The van der Waals surface area contributed by atoms with E-state index in [0.717, 1.165) is 0 Å². The van der Waals surface area contributed by atoms with Gasteiger partial charge < -0.3 is 10.4 Å². The molecule has 0 unspecified atom stereocenters. The van der Waals surface area contributed by atoms with E-state index in [0.29, 0.717) is 17.8 Å². The molecule has 0 atom stereocenters. The van der Waals surface area contributed by atoms with E-state index in [1.54, 1.807) is 31.4 Å². The Morgan fingerprint density at radius 3 is 3.00 bits per heavy atom. The van der Waals surface area contributed by atoms with Crippen LogP contribution in [-0.2, 0) is 6.54 Å². The lowest BCUT2D eigenvalue weighted by molar-refractivity contribution is 0.474. The van der Waals surface area contributed by atoms with Crippen molar-refractivity contribution in [1.82, 2.24) is 15.1 Å². The number of rotatable bonds is 3. The summed E-state index contributed by atoms with van der Waals surface area (Å²) >= 11 is 0. The number of phenolic OH excluding ortho intramolecular Hbond substituents is 1. The number of aromatic amines is 1. The lowest BCUT2D eigenvalue weighted by Crippen LogP contribution is -2.20. The number of nitrogens with one attached hydrogen (secondary N) is 2. The van der Waals surface area contributed by atoms with Gasteiger partial charge in [-0.1, -0.05) is 6.07 Å². The van der Waals surface area contributed by atoms with Crippen molar-refractivity contribution in [2.24, 2.45) is 0 Å². The molecule has 0 fully saturated rings. The smallest absolute Gasteiger partial charge is 0.275 e. The number of nitrogens with zero attached hydrogens (tertiary/aromatic N) is 1. The van der Waals surface area contributed by atoms with Crippen molar-refractivity contribution in [3.05, 3.63) is 46.4 Å². The van der Waals surface area contributed by atoms with E-state index < -0.39 is 0 Å². The van der Waals surface area contributed by atoms with Gasteiger partial charge in [0, 0.05) is 18.8 Å². The Hall–Kier alpha value is -2.01. The largest absolute Gasteiger partial charge is 0.508 e. The van der Waals surface area contributed by atoms with Crippen molar-refractivity contribution >= 4 is 0 Å². The van der Waals surface area contributed by atoms with Crippen molar-refractivity contribution in [2.75, 3.05) is 7.05 Å². The minimum Gasteiger partial charge on any atom is -0.508 e. The minimum atomic E-state index is -0.111. The Morgan fingerprint density at radius 1 is 1.50 bits per heavy atom. The highest BCUT2D eigenvalue weighted by atomic mass is 16.3. The number of hydrogen-bond acceptors (Lipinski definition) is 3. The van der Waals surface area contributed by atoms with Crippen molar-refractivity contribution in [3.8, 4) is 11.4 Å². The number of benzene rings is 1. The first-order valence-electron chi connectivity index (χ1n) is 4.95. The highest BCUT2D eigenvalue weighted by Crippen LogP contribution is 2.12. The molecular formula is C11H13N3O2. The quantitative estimate of drug-likeness (QED) is 0.707. The van der Waals surface area contributed by atoms with Crippen LogP contribution >= 0.6 is 0 Å². The highest BCUT2D eigenvalue weighted by Gasteiger charge is 2.06. The molecule has 84 valence electrons. The zero-order valence-electron chi connectivity index (χ0n) is 8.90. The van der Waals surface area contributed by atoms with Crippen LogP contribution in [0.15, 0.2) is 35.3 Å². The molecule has 0 saturated carbocycles. The second kappa shape index (κ2) is 4.24. The maximum absolute atomic E-state index is 11.9. The van der Waals surface area contributed by atoms with Crippen molar-refractivity contribution in [3.63, 3.8) is 0 Å². The molecule has 1 aromatic heterocycles. The molecule has 5 heteroatoms. The molecule has 0 bridgehead atoms. The van der Waals surface area contributed by atoms with E-state index in [-0.39, 0.29) is 11.3 Å². The van der Waals surface area contributed by atoms with Crippen LogP contribution in [-0.4, -0.2) is 21.9 Å². The predicted octanol–water partition coefficient (Wildman–Crippen LogP) is 0.591. The summed E-state index contributed by atoms with van der Waals surface area (Å²) in [6.45, 7) is 0.515. The van der Waals surface area contributed by atoms with Crippen LogP contribution in [0.2, 0.25) is 0 Å². The summed E-state index contributed by atoms with van der Waals surface area (Å²) < 4.78 is 1.40. The molecule has 2 aromatic rings. The predicted molar refractivity (Wildman–Crippen MR) is 60.8 cm³/mol. The third-order valence-electron chi connectivity index (χ3n) is 2.30. The van der Waals surface area contributed by atoms with Crippen LogP contribution in [0.4, 0.5) is 0 Å². The van der Waals surface area contributed by atoms with Crippen molar-refractivity contribution in [2.45, 2.75) is 6.54 Å². The first kappa shape index (κ1) is 10.5. The van der Waals surface area contributed by atoms with Gasteiger partial charge in [-0.15, -0.1) is 0 Å². The van der Waals surface area contributed by atoms with E-state index in [1.807, 2.05) is 0 Å². The Labute approximate surface area is 92.3 Å². The Kier molecular flexibility index (Phi) is 2.78. The van der Waals surface area contributed by atoms with E-state index in [4.69, 9.17) is 0 Å². The lowest BCUT2D eigenvalue weighted by atomic mass is 10.3. The number of aromatic hydroxyl groups is 1. The van der Waals surface area contributed by atoms with Gasteiger partial charge in [0.15, 0.2) is 0 Å². The molecule has 0 aliphatic rings. The highest BCUT2D eigenvalue weighted by molar-refractivity contribution is 5.38. The SMILES string of the molecule is CNCc1c[nH]n(-c2cccc(O)c2)c1=O. The number of hydrogen-bond donors (Lipinski definition) is 3. The standard InChI is InChI=1S/C11H13N3O2/c1-12-6-8-7-13-14(11(8)16)9-3-2-4-10(15)5-9/h2-5,7,12-13,15H,6H2,1H3. The average molecular weight is 219 g/mol. The van der Waals surface area contributed by atoms with Crippen LogP contribution < -0.4 is 10.9 Å². The summed E-state index contributed by atoms with van der Waals surface area (Å²) in [4.78, 5) is 11.9. The van der Waals surface area contributed by atoms with Crippen LogP contribution in [0.3, 0.4) is 0 Å². The Bertz CT molecular complexity index is 542. The van der Waals surface area contributed by atoms with Crippen LogP contribution in [0, 0.1) is 0 Å². The van der Waals surface area contributed by atoms with Crippen molar-refractivity contribution in [1.29, 1.82) is 0 Å². The molecule has 0 aliphatic heterocycles. The van der Waals surface area contributed by atoms with E-state index >= 15 is 0 Å². The molecule has 2 rings (SSSR count). The summed E-state index contributed by atoms with van der Waals surface area (Å²) in [7, 11) is 1.78. The number of phenols is 1. The zero-order valence-corrected chi connectivity index (χ0v) is 8.90. The van der Waals surface area contributed by atoms with Gasteiger partial charge in [-0.2, -0.15) is 0 Å². The maximum atomic E-state index is 11.9. The summed E-state index contributed by atoms with van der Waals surface area (Å²) in [6, 6.07) is 6.53. The van der Waals surface area contributed by atoms with Gasteiger partial charge in [0.1, 0.15) is 5.75 Å². The summed E-state index contributed by atoms with van der Waals surface area (Å²) in [5.74, 6) is 0.133. The molecule has 16 heavy (non-hydrogen) atoms. The average Bonchev–Trinajstić information content (AvgIpc) is 2.61. The van der Waals surface area contributed by atoms with Gasteiger partial charge in [0.2, 0.25) is 0 Å². The number of H-pyrrole nitrogens is 1. The Balaban J connectivity index is 2.45. The fraction of sp³-hybridized carbons (Fsp3) is 0.182. The third kappa shape index (κ3) is 1.85. The first-order valence-corrected chi connectivity index (χ1v) is 4.95. The van der Waals surface area contributed by atoms with Gasteiger partial charge >= 0.3 is 0 Å². The van der Waals surface area contributed by atoms with Crippen LogP contribution in [0.1, 0.15) is 5.56 Å². The molecule has 0 amide bonds. The molecule has 0 spiro atoms. The lowest BCUT2D eigenvalue weighted by Gasteiger charge is -2.01. The van der Waals surface area contributed by atoms with Gasteiger partial charge in [-0.3, -0.25) is 9.89 Å². The van der Waals surface area contributed by atoms with Gasteiger partial charge in [0.25, 0.3) is 5.56 Å². The van der Waals surface area contributed by atoms with Gasteiger partial charge in [-0.05, 0) is 19.2 Å². The van der Waals surface area contributed by atoms with E-state index in [9.17, 15) is 9.90 Å². The molecule has 5 nitrogen and oxygen atoms in total. The maximum Gasteiger partial charge on any atom is 0.275 e. The topological polar surface area (TPSA) is 70.1 Å².